The van der Waals surface area contributed by atoms with Crippen LogP contribution in [0.25, 0.3) is 23.1 Å². The number of nitrogens with zero attached hydrogens (tertiary/aromatic N) is 1. The lowest BCUT2D eigenvalue weighted by Crippen LogP contribution is -2.30. The highest BCUT2D eigenvalue weighted by Gasteiger charge is 2.10. The SMILES string of the molecule is C[n+]1ccccc1/C=C/c1cc2cc3c(cc2oc1=O)C#CCCOC3. The zero-order valence-electron chi connectivity index (χ0n) is 14.5. The van der Waals surface area contributed by atoms with Crippen LogP contribution >= 0.6 is 0 Å². The number of aryl methyl sites for hydroxylation is 1. The highest BCUT2D eigenvalue weighted by Crippen LogP contribution is 2.22. The minimum Gasteiger partial charge on any atom is -0.422 e. The minimum atomic E-state index is -0.359. The van der Waals surface area contributed by atoms with Crippen LogP contribution in [0.4, 0.5) is 0 Å². The van der Waals surface area contributed by atoms with E-state index in [1.54, 1.807) is 6.08 Å². The maximum absolute atomic E-state index is 12.3. The number of fused-ring (bicyclic) bond motifs is 2. The molecule has 0 unspecified atom stereocenters. The number of aromatic nitrogens is 1. The molecule has 0 aliphatic carbocycles. The molecule has 1 aromatic carbocycles. The number of rotatable bonds is 2. The van der Waals surface area contributed by atoms with Gasteiger partial charge in [0.05, 0.1) is 18.8 Å². The van der Waals surface area contributed by atoms with Gasteiger partial charge in [0.25, 0.3) is 0 Å². The van der Waals surface area contributed by atoms with E-state index < -0.39 is 0 Å². The fourth-order valence-electron chi connectivity index (χ4n) is 2.93. The third kappa shape index (κ3) is 3.30. The van der Waals surface area contributed by atoms with Gasteiger partial charge in [-0.15, -0.1) is 0 Å². The molecule has 128 valence electrons. The quantitative estimate of drug-likeness (QED) is 0.408. The number of pyridine rings is 1. The molecule has 26 heavy (non-hydrogen) atoms. The summed E-state index contributed by atoms with van der Waals surface area (Å²) < 4.78 is 13.1. The van der Waals surface area contributed by atoms with Gasteiger partial charge in [-0.05, 0) is 35.9 Å². The molecule has 4 nitrogen and oxygen atoms in total. The van der Waals surface area contributed by atoms with Gasteiger partial charge in [-0.2, -0.15) is 0 Å². The Labute approximate surface area is 151 Å². The van der Waals surface area contributed by atoms with E-state index in [0.29, 0.717) is 30.8 Å². The highest BCUT2D eigenvalue weighted by atomic mass is 16.5. The monoisotopic (exact) mass is 344 g/mol. The maximum Gasteiger partial charge on any atom is 0.343 e. The van der Waals surface area contributed by atoms with Crippen LogP contribution in [-0.4, -0.2) is 6.61 Å². The third-order valence-electron chi connectivity index (χ3n) is 4.37. The molecule has 4 heteroatoms. The molecule has 2 aromatic heterocycles. The van der Waals surface area contributed by atoms with Crippen molar-refractivity contribution < 1.29 is 13.7 Å². The lowest BCUT2D eigenvalue weighted by Gasteiger charge is -2.09. The van der Waals surface area contributed by atoms with Crippen molar-refractivity contribution in [1.82, 2.24) is 0 Å². The molecule has 0 radical (unpaired) electrons. The Bertz CT molecular complexity index is 1130. The third-order valence-corrected chi connectivity index (χ3v) is 4.37. The second-order valence-electron chi connectivity index (χ2n) is 6.21. The lowest BCUT2D eigenvalue weighted by atomic mass is 10.0. The highest BCUT2D eigenvalue weighted by molar-refractivity contribution is 5.82. The molecular formula is C22H18NO3+. The molecule has 3 aromatic rings. The fourth-order valence-corrected chi connectivity index (χ4v) is 2.93. The van der Waals surface area contributed by atoms with Gasteiger partial charge in [0.1, 0.15) is 12.6 Å². The molecule has 0 spiro atoms. The van der Waals surface area contributed by atoms with E-state index in [2.05, 4.69) is 11.8 Å². The summed E-state index contributed by atoms with van der Waals surface area (Å²) >= 11 is 0. The van der Waals surface area contributed by atoms with Crippen molar-refractivity contribution in [1.29, 1.82) is 0 Å². The number of hydrogen-bond donors (Lipinski definition) is 0. The molecule has 4 rings (SSSR count). The van der Waals surface area contributed by atoms with E-state index in [1.807, 2.05) is 60.3 Å². The van der Waals surface area contributed by atoms with Gasteiger partial charge in [0.15, 0.2) is 6.20 Å². The average Bonchev–Trinajstić information content (AvgIpc) is 2.61. The number of benzene rings is 1. The summed E-state index contributed by atoms with van der Waals surface area (Å²) in [5.41, 5.74) is 3.57. The van der Waals surface area contributed by atoms with Gasteiger partial charge >= 0.3 is 5.63 Å². The van der Waals surface area contributed by atoms with Crippen molar-refractivity contribution >= 4 is 23.1 Å². The van der Waals surface area contributed by atoms with Gasteiger partial charge in [0, 0.05) is 35.6 Å². The zero-order chi connectivity index (χ0) is 17.9. The molecule has 0 amide bonds. The van der Waals surface area contributed by atoms with E-state index in [0.717, 1.165) is 22.2 Å². The van der Waals surface area contributed by atoms with Crippen LogP contribution < -0.4 is 10.2 Å². The number of hydrogen-bond acceptors (Lipinski definition) is 3. The van der Waals surface area contributed by atoms with Crippen molar-refractivity contribution in [2.75, 3.05) is 6.61 Å². The average molecular weight is 344 g/mol. The van der Waals surface area contributed by atoms with Gasteiger partial charge in [-0.3, -0.25) is 0 Å². The Hall–Kier alpha value is -3.16. The Morgan fingerprint density at radius 1 is 1.19 bits per heavy atom. The number of ether oxygens (including phenoxy) is 1. The first-order chi connectivity index (χ1) is 12.7. The van der Waals surface area contributed by atoms with E-state index >= 15 is 0 Å². The van der Waals surface area contributed by atoms with Crippen LogP contribution in [0.5, 0.6) is 0 Å². The van der Waals surface area contributed by atoms with Crippen LogP contribution in [0.2, 0.25) is 0 Å². The van der Waals surface area contributed by atoms with E-state index in [-0.39, 0.29) is 5.63 Å². The molecule has 0 saturated heterocycles. The van der Waals surface area contributed by atoms with Crippen LogP contribution in [0.1, 0.15) is 28.8 Å². The topological polar surface area (TPSA) is 43.3 Å². The van der Waals surface area contributed by atoms with Gasteiger partial charge in [-0.25, -0.2) is 9.36 Å². The fraction of sp³-hybridized carbons (Fsp3) is 0.182. The predicted molar refractivity (Wildman–Crippen MR) is 100 cm³/mol. The van der Waals surface area contributed by atoms with Crippen molar-refractivity contribution in [3.63, 3.8) is 0 Å². The standard InChI is InChI=1S/C22H18NO3/c1-23-10-4-2-7-20(23)9-8-17-12-18-13-19-15-25-11-5-3-6-16(19)14-21(18)26-22(17)24/h2,4,7-10,12-14H,5,11,15H2,1H3/q+1/b9-8+. The van der Waals surface area contributed by atoms with Gasteiger partial charge in [-0.1, -0.05) is 11.8 Å². The van der Waals surface area contributed by atoms with Crippen molar-refractivity contribution in [3.8, 4) is 11.8 Å². The van der Waals surface area contributed by atoms with Gasteiger partial charge < -0.3 is 9.15 Å². The molecular weight excluding hydrogens is 326 g/mol. The summed E-state index contributed by atoms with van der Waals surface area (Å²) in [4.78, 5) is 12.3. The summed E-state index contributed by atoms with van der Waals surface area (Å²) in [6.45, 7) is 1.15. The maximum atomic E-state index is 12.3. The van der Waals surface area contributed by atoms with Crippen LogP contribution in [-0.2, 0) is 18.4 Å². The van der Waals surface area contributed by atoms with E-state index in [1.165, 1.54) is 0 Å². The molecule has 0 N–H and O–H groups in total. The first-order valence-electron chi connectivity index (χ1n) is 8.51. The van der Waals surface area contributed by atoms with Crippen molar-refractivity contribution in [2.24, 2.45) is 7.05 Å². The first-order valence-corrected chi connectivity index (χ1v) is 8.51. The lowest BCUT2D eigenvalue weighted by molar-refractivity contribution is -0.673. The Balaban J connectivity index is 1.78. The van der Waals surface area contributed by atoms with Crippen molar-refractivity contribution in [2.45, 2.75) is 13.0 Å². The normalized spacial score (nSPS) is 13.7. The van der Waals surface area contributed by atoms with Crippen LogP contribution in [0.15, 0.2) is 51.8 Å². The summed E-state index contributed by atoms with van der Waals surface area (Å²) in [7, 11) is 1.96. The largest absolute Gasteiger partial charge is 0.422 e. The molecule has 1 aliphatic heterocycles. The molecule has 0 fully saturated rings. The van der Waals surface area contributed by atoms with Crippen molar-refractivity contribution in [3.05, 3.63) is 75.4 Å². The minimum absolute atomic E-state index is 0.359. The summed E-state index contributed by atoms with van der Waals surface area (Å²) in [5, 5.41) is 0.867. The Kier molecular flexibility index (Phi) is 4.39. The summed E-state index contributed by atoms with van der Waals surface area (Å²) in [5.74, 6) is 6.21. The molecule has 3 heterocycles. The summed E-state index contributed by atoms with van der Waals surface area (Å²) in [6.07, 6.45) is 6.36. The second kappa shape index (κ2) is 6.99. The Morgan fingerprint density at radius 3 is 3.00 bits per heavy atom. The van der Waals surface area contributed by atoms with Crippen LogP contribution in [0.3, 0.4) is 0 Å². The Morgan fingerprint density at radius 2 is 2.12 bits per heavy atom. The smallest absolute Gasteiger partial charge is 0.343 e. The molecule has 0 saturated carbocycles. The summed E-state index contributed by atoms with van der Waals surface area (Å²) in [6, 6.07) is 11.6. The molecule has 0 bridgehead atoms. The molecule has 0 atom stereocenters. The molecule has 1 aliphatic rings. The van der Waals surface area contributed by atoms with E-state index in [9.17, 15) is 4.79 Å². The first kappa shape index (κ1) is 16.3. The van der Waals surface area contributed by atoms with Gasteiger partial charge in [0.2, 0.25) is 5.69 Å². The van der Waals surface area contributed by atoms with Crippen LogP contribution in [0, 0.1) is 11.8 Å². The zero-order valence-corrected chi connectivity index (χ0v) is 14.5. The second-order valence-corrected chi connectivity index (χ2v) is 6.21. The van der Waals surface area contributed by atoms with E-state index in [4.69, 9.17) is 9.15 Å². The predicted octanol–water partition coefficient (Wildman–Crippen LogP) is 3.06.